The molecule has 1 amide bonds. The number of carbonyl (C=O) groups excluding carboxylic acids is 1. The highest BCUT2D eigenvalue weighted by Crippen LogP contribution is 2.25. The SMILES string of the molecule is CN=C/C(=C\N)c1cnc2c(c1)CN(C)CC2.Cn1cc(-c2cnc3c(c2)CN(C(=O)OC(C)(C)C)CC3)cn1. The van der Waals surface area contributed by atoms with Gasteiger partial charge in [0.05, 0.1) is 12.7 Å². The zero-order valence-electron chi connectivity index (χ0n) is 24.4. The first kappa shape index (κ1) is 28.9. The lowest BCUT2D eigenvalue weighted by Crippen LogP contribution is -2.40. The maximum Gasteiger partial charge on any atom is 0.410 e. The summed E-state index contributed by atoms with van der Waals surface area (Å²) in [4.78, 5) is 29.4. The van der Waals surface area contributed by atoms with Crippen LogP contribution in [0.1, 0.15) is 48.8 Å². The Morgan fingerprint density at radius 3 is 2.35 bits per heavy atom. The number of aromatic nitrogens is 4. The number of nitrogens with zero attached hydrogens (tertiary/aromatic N) is 7. The van der Waals surface area contributed by atoms with Gasteiger partial charge < -0.3 is 20.3 Å². The summed E-state index contributed by atoms with van der Waals surface area (Å²) >= 11 is 0. The summed E-state index contributed by atoms with van der Waals surface area (Å²) in [6.07, 6.45) is 12.4. The van der Waals surface area contributed by atoms with E-state index >= 15 is 0 Å². The van der Waals surface area contributed by atoms with E-state index in [4.69, 9.17) is 10.5 Å². The van der Waals surface area contributed by atoms with Crippen LogP contribution in [-0.2, 0) is 37.7 Å². The van der Waals surface area contributed by atoms with Gasteiger partial charge in [-0.3, -0.25) is 19.6 Å². The fraction of sp³-hybridized carbons (Fsp3) is 0.433. The van der Waals surface area contributed by atoms with Crippen LogP contribution in [0.2, 0.25) is 0 Å². The normalized spacial score (nSPS) is 15.8. The quantitative estimate of drug-likeness (QED) is 0.498. The van der Waals surface area contributed by atoms with Crippen molar-refractivity contribution in [3.05, 3.63) is 71.2 Å². The van der Waals surface area contributed by atoms with Gasteiger partial charge in [-0.25, -0.2) is 4.79 Å². The van der Waals surface area contributed by atoms with E-state index in [1.54, 1.807) is 29.0 Å². The summed E-state index contributed by atoms with van der Waals surface area (Å²) in [6.45, 7) is 8.85. The Kier molecular flexibility index (Phi) is 8.99. The van der Waals surface area contributed by atoms with Gasteiger partial charge in [-0.15, -0.1) is 0 Å². The fourth-order valence-electron chi connectivity index (χ4n) is 4.71. The molecule has 2 aliphatic heterocycles. The van der Waals surface area contributed by atoms with E-state index in [9.17, 15) is 4.79 Å². The first-order valence-electron chi connectivity index (χ1n) is 13.5. The number of hydrogen-bond acceptors (Lipinski definition) is 8. The molecule has 0 fully saturated rings. The predicted octanol–water partition coefficient (Wildman–Crippen LogP) is 3.85. The fourth-order valence-corrected chi connectivity index (χ4v) is 4.71. The molecule has 3 aromatic heterocycles. The summed E-state index contributed by atoms with van der Waals surface area (Å²) in [6, 6.07) is 4.26. The van der Waals surface area contributed by atoms with E-state index in [1.807, 2.05) is 52.6 Å². The molecular weight excluding hydrogens is 504 g/mol. The van der Waals surface area contributed by atoms with Crippen molar-refractivity contribution in [2.45, 2.75) is 52.3 Å². The minimum absolute atomic E-state index is 0.269. The highest BCUT2D eigenvalue weighted by atomic mass is 16.6. The first-order chi connectivity index (χ1) is 19.1. The van der Waals surface area contributed by atoms with Gasteiger partial charge in [0.1, 0.15) is 5.60 Å². The maximum absolute atomic E-state index is 12.3. The van der Waals surface area contributed by atoms with Crippen LogP contribution < -0.4 is 5.73 Å². The average Bonchev–Trinajstić information content (AvgIpc) is 3.36. The lowest BCUT2D eigenvalue weighted by atomic mass is 10.0. The van der Waals surface area contributed by atoms with Crippen LogP contribution in [0, 0.1) is 0 Å². The van der Waals surface area contributed by atoms with Gasteiger partial charge in [-0.05, 0) is 51.1 Å². The number of nitrogens with two attached hydrogens (primary N) is 1. The highest BCUT2D eigenvalue weighted by molar-refractivity contribution is 6.09. The molecular formula is C30H40N8O2. The summed E-state index contributed by atoms with van der Waals surface area (Å²) in [7, 11) is 5.76. The molecule has 0 radical (unpaired) electrons. The molecule has 0 bridgehead atoms. The molecule has 10 nitrogen and oxygen atoms in total. The van der Waals surface area contributed by atoms with Crippen molar-refractivity contribution >= 4 is 17.9 Å². The molecule has 2 N–H and O–H groups in total. The third-order valence-corrected chi connectivity index (χ3v) is 6.74. The third-order valence-electron chi connectivity index (χ3n) is 6.74. The number of likely N-dealkylation sites (N-methyl/N-ethyl adjacent to an activating group) is 1. The molecule has 10 heteroatoms. The van der Waals surface area contributed by atoms with Crippen LogP contribution >= 0.6 is 0 Å². The Bertz CT molecular complexity index is 1400. The lowest BCUT2D eigenvalue weighted by molar-refractivity contribution is 0.0223. The number of fused-ring (bicyclic) bond motifs is 2. The van der Waals surface area contributed by atoms with E-state index in [0.717, 1.165) is 59.5 Å². The Hall–Kier alpha value is -4.05. The number of rotatable bonds is 3. The number of carbonyl (C=O) groups is 1. The van der Waals surface area contributed by atoms with E-state index in [1.165, 1.54) is 11.3 Å². The third kappa shape index (κ3) is 7.32. The van der Waals surface area contributed by atoms with Crippen LogP contribution in [0.5, 0.6) is 0 Å². The highest BCUT2D eigenvalue weighted by Gasteiger charge is 2.26. The van der Waals surface area contributed by atoms with Crippen molar-refractivity contribution in [2.24, 2.45) is 17.8 Å². The average molecular weight is 545 g/mol. The van der Waals surface area contributed by atoms with Crippen molar-refractivity contribution in [3.63, 3.8) is 0 Å². The summed E-state index contributed by atoms with van der Waals surface area (Å²) in [5, 5.41) is 4.19. The molecule has 212 valence electrons. The summed E-state index contributed by atoms with van der Waals surface area (Å²) < 4.78 is 7.23. The molecule has 40 heavy (non-hydrogen) atoms. The number of allylic oxidation sites excluding steroid dienone is 1. The molecule has 3 aromatic rings. The van der Waals surface area contributed by atoms with Gasteiger partial charge in [0.2, 0.25) is 0 Å². The number of hydrogen-bond donors (Lipinski definition) is 1. The van der Waals surface area contributed by atoms with Crippen LogP contribution in [0.4, 0.5) is 4.79 Å². The van der Waals surface area contributed by atoms with Crippen molar-refractivity contribution in [3.8, 4) is 11.1 Å². The largest absolute Gasteiger partial charge is 0.444 e. The van der Waals surface area contributed by atoms with E-state index in [-0.39, 0.29) is 6.09 Å². The molecule has 5 rings (SSSR count). The second-order valence-corrected chi connectivity index (χ2v) is 11.2. The molecule has 5 heterocycles. The molecule has 0 unspecified atom stereocenters. The first-order valence-corrected chi connectivity index (χ1v) is 13.5. The predicted molar refractivity (Wildman–Crippen MR) is 158 cm³/mol. The number of pyridine rings is 2. The number of ether oxygens (including phenoxy) is 1. The van der Waals surface area contributed by atoms with E-state index < -0.39 is 5.60 Å². The number of aliphatic imine (C=N–C) groups is 1. The van der Waals surface area contributed by atoms with Gasteiger partial charge in [0, 0.05) is 111 Å². The molecule has 0 saturated carbocycles. The second-order valence-electron chi connectivity index (χ2n) is 11.2. The Balaban J connectivity index is 0.000000194. The standard InChI is InChI=1S/C17H22N4O2.C13H18N4/c1-17(2,3)23-16(22)21-6-5-15-13(11-21)7-12(8-18-15)14-9-19-20(4)10-14;1-15-7-12(6-14)10-5-11-9-17(2)4-3-13(11)16-8-10/h7-10H,5-6,11H2,1-4H3;5-8H,3-4,9,14H2,1-2H3/b;12-6+,15-7?. The molecule has 0 spiro atoms. The van der Waals surface area contributed by atoms with Gasteiger partial charge >= 0.3 is 6.09 Å². The minimum Gasteiger partial charge on any atom is -0.444 e. The zero-order valence-corrected chi connectivity index (χ0v) is 24.4. The monoisotopic (exact) mass is 544 g/mol. The Morgan fingerprint density at radius 1 is 1.00 bits per heavy atom. The summed E-state index contributed by atoms with van der Waals surface area (Å²) in [5.74, 6) is 0. The van der Waals surface area contributed by atoms with Gasteiger partial charge in [-0.1, -0.05) is 0 Å². The molecule has 0 aliphatic carbocycles. The maximum atomic E-state index is 12.3. The number of amides is 1. The van der Waals surface area contributed by atoms with Crippen LogP contribution in [0.15, 0.2) is 48.1 Å². The Labute approximate surface area is 236 Å². The molecule has 0 aromatic carbocycles. The van der Waals surface area contributed by atoms with Crippen LogP contribution in [0.3, 0.4) is 0 Å². The Morgan fingerprint density at radius 2 is 1.70 bits per heavy atom. The zero-order chi connectivity index (χ0) is 28.9. The van der Waals surface area contributed by atoms with E-state index in [2.05, 4.69) is 44.1 Å². The van der Waals surface area contributed by atoms with Crippen molar-refractivity contribution in [1.82, 2.24) is 29.5 Å². The molecule has 0 atom stereocenters. The smallest absolute Gasteiger partial charge is 0.410 e. The van der Waals surface area contributed by atoms with Gasteiger partial charge in [0.25, 0.3) is 0 Å². The van der Waals surface area contributed by atoms with Crippen molar-refractivity contribution in [1.29, 1.82) is 0 Å². The van der Waals surface area contributed by atoms with Gasteiger partial charge in [-0.2, -0.15) is 5.10 Å². The number of aryl methyl sites for hydroxylation is 1. The van der Waals surface area contributed by atoms with E-state index in [0.29, 0.717) is 13.1 Å². The van der Waals surface area contributed by atoms with Crippen LogP contribution in [-0.4, -0.2) is 74.6 Å². The van der Waals surface area contributed by atoms with Crippen LogP contribution in [0.25, 0.3) is 16.7 Å². The molecule has 2 aliphatic rings. The summed E-state index contributed by atoms with van der Waals surface area (Å²) in [5.41, 5.74) is 13.7. The second kappa shape index (κ2) is 12.4. The lowest BCUT2D eigenvalue weighted by Gasteiger charge is -2.30. The van der Waals surface area contributed by atoms with Gasteiger partial charge in [0.15, 0.2) is 0 Å². The molecule has 0 saturated heterocycles. The minimum atomic E-state index is -0.479. The topological polar surface area (TPSA) is 115 Å². The van der Waals surface area contributed by atoms with Crippen molar-refractivity contribution < 1.29 is 9.53 Å². The van der Waals surface area contributed by atoms with Crippen molar-refractivity contribution in [2.75, 3.05) is 27.2 Å².